The molecule has 5 heteroatoms. The first kappa shape index (κ1) is 13.8. The number of nitrogens with two attached hydrogens (primary N) is 1. The summed E-state index contributed by atoms with van der Waals surface area (Å²) in [5, 5.41) is 1.72. The minimum absolute atomic E-state index is 0.452. The highest BCUT2D eigenvalue weighted by molar-refractivity contribution is 5.87. The minimum atomic E-state index is 0.452. The first-order chi connectivity index (χ1) is 10.1. The Hall–Kier alpha value is -2.14. The topological polar surface area (TPSA) is 66.0 Å². The molecule has 0 saturated carbocycles. The molecule has 2 aromatic rings. The van der Waals surface area contributed by atoms with Crippen LogP contribution in [-0.4, -0.2) is 27.7 Å². The normalized spacial score (nSPS) is 17.0. The highest BCUT2D eigenvalue weighted by Crippen LogP contribution is 2.18. The molecule has 0 amide bonds. The van der Waals surface area contributed by atoms with Gasteiger partial charge in [-0.25, -0.2) is 9.97 Å². The fourth-order valence-corrected chi connectivity index (χ4v) is 2.92. The third kappa shape index (κ3) is 2.23. The van der Waals surface area contributed by atoms with Gasteiger partial charge in [-0.2, -0.15) is 0 Å². The van der Waals surface area contributed by atoms with Crippen LogP contribution in [0.15, 0.2) is 12.2 Å². The van der Waals surface area contributed by atoms with Crippen molar-refractivity contribution in [2.75, 3.05) is 18.9 Å². The summed E-state index contributed by atoms with van der Waals surface area (Å²) in [7, 11) is 0. The zero-order chi connectivity index (χ0) is 15.0. The first-order valence-corrected chi connectivity index (χ1v) is 7.18. The third-order valence-corrected chi connectivity index (χ3v) is 3.81. The van der Waals surface area contributed by atoms with Crippen molar-refractivity contribution >= 4 is 29.0 Å². The fraction of sp³-hybridized carbons (Fsp3) is 0.375. The molecule has 2 aromatic heterocycles. The van der Waals surface area contributed by atoms with Gasteiger partial charge >= 0.3 is 0 Å². The molecule has 0 bridgehead atoms. The summed E-state index contributed by atoms with van der Waals surface area (Å²) in [5.74, 6) is 1.46. The Morgan fingerprint density at radius 2 is 2.19 bits per heavy atom. The second kappa shape index (κ2) is 5.33. The van der Waals surface area contributed by atoms with Gasteiger partial charge in [0.2, 0.25) is 0 Å². The Kier molecular flexibility index (Phi) is 3.51. The van der Waals surface area contributed by atoms with Gasteiger partial charge in [-0.3, -0.25) is 0 Å². The van der Waals surface area contributed by atoms with Crippen LogP contribution in [0.25, 0.3) is 23.2 Å². The first-order valence-electron chi connectivity index (χ1n) is 7.18. The summed E-state index contributed by atoms with van der Waals surface area (Å²) in [6, 6.07) is 0. The van der Waals surface area contributed by atoms with Crippen molar-refractivity contribution in [2.45, 2.75) is 26.8 Å². The summed E-state index contributed by atoms with van der Waals surface area (Å²) in [4.78, 5) is 9.06. The molecule has 2 N–H and O–H groups in total. The Bertz CT molecular complexity index is 832. The van der Waals surface area contributed by atoms with E-state index in [1.807, 2.05) is 13.0 Å². The van der Waals surface area contributed by atoms with Gasteiger partial charge in [-0.1, -0.05) is 18.7 Å². The summed E-state index contributed by atoms with van der Waals surface area (Å²) in [6.07, 6.45) is 4.87. The molecule has 0 unspecified atom stereocenters. The van der Waals surface area contributed by atoms with Gasteiger partial charge in [-0.15, -0.1) is 0 Å². The highest BCUT2D eigenvalue weighted by atomic mass is 16.5. The predicted octanol–water partition coefficient (Wildman–Crippen LogP) is 0.743. The maximum Gasteiger partial charge on any atom is 0.152 e. The molecule has 0 aromatic carbocycles. The zero-order valence-electron chi connectivity index (χ0n) is 12.5. The molecule has 3 rings (SSSR count). The molecule has 0 fully saturated rings. The lowest BCUT2D eigenvalue weighted by Crippen LogP contribution is -2.31. The van der Waals surface area contributed by atoms with E-state index in [1.54, 1.807) is 0 Å². The number of anilines is 1. The molecular formula is C16H20N4O. The van der Waals surface area contributed by atoms with Crippen LogP contribution in [0, 0.1) is 0 Å². The Morgan fingerprint density at radius 3 is 2.95 bits per heavy atom. The van der Waals surface area contributed by atoms with Gasteiger partial charge in [0.1, 0.15) is 11.3 Å². The number of fused-ring (bicyclic) bond motifs is 3. The number of aromatic nitrogens is 3. The van der Waals surface area contributed by atoms with Crippen LogP contribution in [0.1, 0.15) is 19.7 Å². The van der Waals surface area contributed by atoms with Crippen LogP contribution in [0.3, 0.4) is 0 Å². The van der Waals surface area contributed by atoms with E-state index in [9.17, 15) is 0 Å². The quantitative estimate of drug-likeness (QED) is 0.839. The number of allylic oxidation sites excluding steroid dienone is 2. The second-order valence-corrected chi connectivity index (χ2v) is 5.24. The van der Waals surface area contributed by atoms with E-state index < -0.39 is 0 Å². The minimum Gasteiger partial charge on any atom is -0.382 e. The summed E-state index contributed by atoms with van der Waals surface area (Å²) >= 11 is 0. The number of hydrogen-bond donors (Lipinski definition) is 1. The monoisotopic (exact) mass is 284 g/mol. The molecular weight excluding hydrogens is 264 g/mol. The number of pyridine rings is 1. The Balaban J connectivity index is 2.50. The van der Waals surface area contributed by atoms with Gasteiger partial charge in [0, 0.05) is 18.2 Å². The van der Waals surface area contributed by atoms with Crippen LogP contribution in [0.5, 0.6) is 0 Å². The van der Waals surface area contributed by atoms with E-state index in [0.717, 1.165) is 40.6 Å². The molecule has 1 aliphatic rings. The second-order valence-electron chi connectivity index (χ2n) is 5.24. The maximum absolute atomic E-state index is 6.07. The SMILES string of the molecule is C=c1nc(N)c2nc3n(c2/c1=C(C)/C=C\C)CCOCC3. The van der Waals surface area contributed by atoms with E-state index in [4.69, 9.17) is 10.5 Å². The molecule has 0 saturated heterocycles. The van der Waals surface area contributed by atoms with Gasteiger partial charge < -0.3 is 15.0 Å². The molecule has 1 aliphatic heterocycles. The van der Waals surface area contributed by atoms with Crippen LogP contribution in [-0.2, 0) is 17.7 Å². The largest absolute Gasteiger partial charge is 0.382 e. The summed E-state index contributed by atoms with van der Waals surface area (Å²) < 4.78 is 7.75. The van der Waals surface area contributed by atoms with Crippen LogP contribution >= 0.6 is 0 Å². The Morgan fingerprint density at radius 1 is 1.38 bits per heavy atom. The molecule has 5 nitrogen and oxygen atoms in total. The smallest absolute Gasteiger partial charge is 0.152 e. The number of nitrogen functional groups attached to an aromatic ring is 1. The molecule has 110 valence electrons. The third-order valence-electron chi connectivity index (χ3n) is 3.81. The summed E-state index contributed by atoms with van der Waals surface area (Å²) in [6.45, 7) is 10.3. The van der Waals surface area contributed by atoms with Gasteiger partial charge in [-0.05, 0) is 19.4 Å². The maximum atomic E-state index is 6.07. The highest BCUT2D eigenvalue weighted by Gasteiger charge is 2.17. The molecule has 3 heterocycles. The standard InChI is InChI=1S/C16H20N4O/c1-4-5-10(2)13-11(3)18-16(17)14-15(13)20-7-9-21-8-6-12(20)19-14/h4-5H,3,6-9H2,1-2H3,(H2,17,18)/b5-4-,13-10+. The number of ether oxygens (including phenoxy) is 1. The Labute approximate surface area is 123 Å². The van der Waals surface area contributed by atoms with Crippen molar-refractivity contribution in [3.8, 4) is 0 Å². The van der Waals surface area contributed by atoms with Crippen molar-refractivity contribution in [1.82, 2.24) is 14.5 Å². The van der Waals surface area contributed by atoms with Crippen molar-refractivity contribution in [2.24, 2.45) is 0 Å². The average molecular weight is 284 g/mol. The lowest BCUT2D eigenvalue weighted by Gasteiger charge is -2.06. The van der Waals surface area contributed by atoms with E-state index in [2.05, 4.69) is 34.1 Å². The van der Waals surface area contributed by atoms with Crippen molar-refractivity contribution in [1.29, 1.82) is 0 Å². The number of hydrogen-bond acceptors (Lipinski definition) is 4. The van der Waals surface area contributed by atoms with Crippen LogP contribution in [0.4, 0.5) is 5.82 Å². The number of nitrogens with zero attached hydrogens (tertiary/aromatic N) is 3. The van der Waals surface area contributed by atoms with Gasteiger partial charge in [0.05, 0.1) is 24.1 Å². The van der Waals surface area contributed by atoms with Crippen LogP contribution in [0.2, 0.25) is 0 Å². The van der Waals surface area contributed by atoms with E-state index in [0.29, 0.717) is 24.4 Å². The number of imidazole rings is 1. The lowest BCUT2D eigenvalue weighted by atomic mass is 10.1. The molecule has 0 atom stereocenters. The molecule has 0 spiro atoms. The fourth-order valence-electron chi connectivity index (χ4n) is 2.92. The average Bonchev–Trinajstić information content (AvgIpc) is 2.65. The molecule has 0 aliphatic carbocycles. The summed E-state index contributed by atoms with van der Waals surface area (Å²) in [5.41, 5.74) is 8.99. The van der Waals surface area contributed by atoms with E-state index >= 15 is 0 Å². The van der Waals surface area contributed by atoms with E-state index in [-0.39, 0.29) is 0 Å². The molecule has 21 heavy (non-hydrogen) atoms. The van der Waals surface area contributed by atoms with Gasteiger partial charge in [0.15, 0.2) is 5.82 Å². The zero-order valence-corrected chi connectivity index (χ0v) is 12.5. The van der Waals surface area contributed by atoms with Crippen molar-refractivity contribution < 1.29 is 4.74 Å². The van der Waals surface area contributed by atoms with Crippen LogP contribution < -0.4 is 16.3 Å². The van der Waals surface area contributed by atoms with Crippen molar-refractivity contribution in [3.05, 3.63) is 28.5 Å². The van der Waals surface area contributed by atoms with E-state index in [1.165, 1.54) is 0 Å². The number of rotatable bonds is 1. The molecule has 0 radical (unpaired) electrons. The predicted molar refractivity (Wildman–Crippen MR) is 85.1 cm³/mol. The van der Waals surface area contributed by atoms with Gasteiger partial charge in [0.25, 0.3) is 0 Å². The van der Waals surface area contributed by atoms with Crippen molar-refractivity contribution in [3.63, 3.8) is 0 Å². The lowest BCUT2D eigenvalue weighted by molar-refractivity contribution is 0.140.